The van der Waals surface area contributed by atoms with Gasteiger partial charge in [0.15, 0.2) is 11.6 Å². The number of ether oxygens (including phenoxy) is 2. The average molecular weight is 515 g/mol. The molecule has 2 aromatic rings. The van der Waals surface area contributed by atoms with E-state index in [2.05, 4.69) is 13.8 Å². The lowest BCUT2D eigenvalue weighted by atomic mass is 9.84. The number of carbonyl (C=O) groups excluding carboxylic acids is 1. The number of unbranched alkanes of at least 4 members (excludes halogenated alkanes) is 7. The van der Waals surface area contributed by atoms with E-state index in [1.807, 2.05) is 0 Å². The molecule has 0 atom stereocenters. The second kappa shape index (κ2) is 15.7. The van der Waals surface area contributed by atoms with Crippen LogP contribution in [0.25, 0.3) is 11.1 Å². The molecule has 2 aromatic carbocycles. The first-order valence-electron chi connectivity index (χ1n) is 14.5. The Morgan fingerprint density at radius 1 is 0.784 bits per heavy atom. The summed E-state index contributed by atoms with van der Waals surface area (Å²) in [6.45, 7) is 4.77. The van der Waals surface area contributed by atoms with Gasteiger partial charge in [0, 0.05) is 5.56 Å². The lowest BCUT2D eigenvalue weighted by Crippen LogP contribution is -2.24. The fourth-order valence-corrected chi connectivity index (χ4v) is 5.16. The first-order valence-corrected chi connectivity index (χ1v) is 14.5. The van der Waals surface area contributed by atoms with Crippen molar-refractivity contribution in [3.05, 3.63) is 53.6 Å². The van der Waals surface area contributed by atoms with Crippen molar-refractivity contribution in [1.82, 2.24) is 0 Å². The van der Waals surface area contributed by atoms with E-state index in [1.54, 1.807) is 24.3 Å². The van der Waals surface area contributed by atoms with Gasteiger partial charge in [0.05, 0.1) is 12.2 Å². The van der Waals surface area contributed by atoms with Crippen LogP contribution < -0.4 is 4.74 Å². The van der Waals surface area contributed by atoms with Crippen molar-refractivity contribution in [2.75, 3.05) is 6.61 Å². The summed E-state index contributed by atoms with van der Waals surface area (Å²) in [5.41, 5.74) is 1.07. The summed E-state index contributed by atoms with van der Waals surface area (Å²) in [6, 6.07) is 9.52. The quantitative estimate of drug-likeness (QED) is 0.175. The smallest absolute Gasteiger partial charge is 0.338 e. The van der Waals surface area contributed by atoms with Crippen molar-refractivity contribution >= 4 is 5.97 Å². The second-order valence-electron chi connectivity index (χ2n) is 10.5. The normalized spacial score (nSPS) is 17.5. The van der Waals surface area contributed by atoms with Crippen LogP contribution in [-0.2, 0) is 4.74 Å². The second-order valence-corrected chi connectivity index (χ2v) is 10.5. The molecule has 0 saturated heterocycles. The Balaban J connectivity index is 1.49. The molecule has 3 rings (SSSR count). The molecule has 0 aliphatic heterocycles. The minimum atomic E-state index is -0.975. The monoisotopic (exact) mass is 514 g/mol. The zero-order valence-corrected chi connectivity index (χ0v) is 22.7. The minimum absolute atomic E-state index is 0.0370. The summed E-state index contributed by atoms with van der Waals surface area (Å²) >= 11 is 0. The molecule has 0 N–H and O–H groups in total. The summed E-state index contributed by atoms with van der Waals surface area (Å²) in [7, 11) is 0. The fraction of sp³-hybridized carbons (Fsp3) is 0.594. The van der Waals surface area contributed by atoms with E-state index in [-0.39, 0.29) is 23.4 Å². The van der Waals surface area contributed by atoms with Crippen molar-refractivity contribution in [1.29, 1.82) is 0 Å². The highest BCUT2D eigenvalue weighted by molar-refractivity contribution is 5.90. The molecule has 37 heavy (non-hydrogen) atoms. The Morgan fingerprint density at radius 3 is 2.14 bits per heavy atom. The number of hydrogen-bond acceptors (Lipinski definition) is 3. The minimum Gasteiger partial charge on any atom is -0.490 e. The molecule has 0 heterocycles. The van der Waals surface area contributed by atoms with Gasteiger partial charge in [0.1, 0.15) is 6.10 Å². The molecule has 1 aliphatic carbocycles. The highest BCUT2D eigenvalue weighted by Gasteiger charge is 2.24. The Morgan fingerprint density at radius 2 is 1.43 bits per heavy atom. The van der Waals surface area contributed by atoms with Crippen molar-refractivity contribution in [2.45, 2.75) is 110 Å². The molecule has 0 amide bonds. The maximum atomic E-state index is 14.8. The van der Waals surface area contributed by atoms with Gasteiger partial charge in [0.2, 0.25) is 5.82 Å². The van der Waals surface area contributed by atoms with E-state index in [9.17, 15) is 13.6 Å². The topological polar surface area (TPSA) is 35.5 Å². The van der Waals surface area contributed by atoms with Crippen LogP contribution in [0.5, 0.6) is 5.75 Å². The third kappa shape index (κ3) is 9.12. The Kier molecular flexibility index (Phi) is 12.4. The molecule has 1 aliphatic rings. The maximum Gasteiger partial charge on any atom is 0.338 e. The number of benzene rings is 2. The third-order valence-electron chi connectivity index (χ3n) is 7.52. The van der Waals surface area contributed by atoms with E-state index in [0.29, 0.717) is 17.7 Å². The summed E-state index contributed by atoms with van der Waals surface area (Å²) in [6.07, 6.45) is 15.7. The first kappa shape index (κ1) is 29.1. The van der Waals surface area contributed by atoms with Gasteiger partial charge in [-0.1, -0.05) is 83.8 Å². The third-order valence-corrected chi connectivity index (χ3v) is 7.52. The highest BCUT2D eigenvalue weighted by Crippen LogP contribution is 2.32. The van der Waals surface area contributed by atoms with E-state index >= 15 is 0 Å². The van der Waals surface area contributed by atoms with E-state index in [0.717, 1.165) is 50.9 Å². The lowest BCUT2D eigenvalue weighted by Gasteiger charge is -2.28. The van der Waals surface area contributed by atoms with Gasteiger partial charge in [0.25, 0.3) is 0 Å². The molecule has 1 saturated carbocycles. The number of carbonyl (C=O) groups is 1. The van der Waals surface area contributed by atoms with Crippen LogP contribution in [0.1, 0.15) is 114 Å². The number of rotatable bonds is 15. The molecule has 1 fully saturated rings. The Bertz CT molecular complexity index is 949. The standard InChI is InChI=1S/C32H44F2O3/c1-3-5-7-8-9-11-23-36-29-22-21-28(30(33)31(29)34)25-15-17-26(18-16-25)32(35)37-27-19-13-24(14-20-27)12-10-6-4-2/h15-18,21-22,24,27H,3-14,19-20,23H2,1-2H3. The van der Waals surface area contributed by atoms with Gasteiger partial charge in [-0.3, -0.25) is 0 Å². The average Bonchev–Trinajstić information content (AvgIpc) is 2.92. The largest absolute Gasteiger partial charge is 0.490 e. The molecular weight excluding hydrogens is 470 g/mol. The molecule has 3 nitrogen and oxygen atoms in total. The van der Waals surface area contributed by atoms with Gasteiger partial charge in [-0.2, -0.15) is 4.39 Å². The van der Waals surface area contributed by atoms with Crippen molar-refractivity contribution in [3.63, 3.8) is 0 Å². The van der Waals surface area contributed by atoms with Crippen molar-refractivity contribution < 1.29 is 23.0 Å². The van der Waals surface area contributed by atoms with Crippen LogP contribution in [0.2, 0.25) is 0 Å². The molecule has 0 bridgehead atoms. The van der Waals surface area contributed by atoms with Gasteiger partial charge < -0.3 is 9.47 Å². The maximum absolute atomic E-state index is 14.8. The van der Waals surface area contributed by atoms with Crippen LogP contribution in [0.15, 0.2) is 36.4 Å². The van der Waals surface area contributed by atoms with E-state index in [1.165, 1.54) is 57.1 Å². The van der Waals surface area contributed by atoms with Gasteiger partial charge in [-0.25, -0.2) is 9.18 Å². The van der Waals surface area contributed by atoms with Crippen LogP contribution in [-0.4, -0.2) is 18.7 Å². The molecule has 0 aromatic heterocycles. The van der Waals surface area contributed by atoms with Crippen LogP contribution in [0.3, 0.4) is 0 Å². The zero-order chi connectivity index (χ0) is 26.5. The Hall–Kier alpha value is -2.43. The summed E-state index contributed by atoms with van der Waals surface area (Å²) < 4.78 is 40.7. The molecule has 204 valence electrons. The van der Waals surface area contributed by atoms with Crippen LogP contribution in [0.4, 0.5) is 8.78 Å². The predicted molar refractivity (Wildman–Crippen MR) is 146 cm³/mol. The lowest BCUT2D eigenvalue weighted by molar-refractivity contribution is 0.0161. The van der Waals surface area contributed by atoms with Crippen molar-refractivity contribution in [3.8, 4) is 16.9 Å². The van der Waals surface area contributed by atoms with Gasteiger partial charge in [-0.05, 0) is 67.9 Å². The molecular formula is C32H44F2O3. The van der Waals surface area contributed by atoms with Crippen LogP contribution >= 0.6 is 0 Å². The molecule has 0 unspecified atom stereocenters. The summed E-state index contributed by atoms with van der Waals surface area (Å²) in [5.74, 6) is -1.58. The first-order chi connectivity index (χ1) is 18.0. The predicted octanol–water partition coefficient (Wildman–Crippen LogP) is 9.67. The van der Waals surface area contributed by atoms with Gasteiger partial charge in [-0.15, -0.1) is 0 Å². The van der Waals surface area contributed by atoms with Gasteiger partial charge >= 0.3 is 5.97 Å². The van der Waals surface area contributed by atoms with Crippen LogP contribution in [0, 0.1) is 17.6 Å². The number of halogens is 2. The zero-order valence-electron chi connectivity index (χ0n) is 22.7. The fourth-order valence-electron chi connectivity index (χ4n) is 5.16. The summed E-state index contributed by atoms with van der Waals surface area (Å²) in [5, 5.41) is 0. The number of hydrogen-bond donors (Lipinski definition) is 0. The molecule has 0 spiro atoms. The number of esters is 1. The molecule has 5 heteroatoms. The Labute approximate surface area is 222 Å². The van der Waals surface area contributed by atoms with E-state index in [4.69, 9.17) is 9.47 Å². The molecule has 0 radical (unpaired) electrons. The van der Waals surface area contributed by atoms with Crippen molar-refractivity contribution in [2.24, 2.45) is 5.92 Å². The van der Waals surface area contributed by atoms with E-state index < -0.39 is 11.6 Å². The highest BCUT2D eigenvalue weighted by atomic mass is 19.2. The summed E-state index contributed by atoms with van der Waals surface area (Å²) in [4.78, 5) is 12.6. The SMILES string of the molecule is CCCCCCCCOc1ccc(-c2ccc(C(=O)OC3CCC(CCCCC)CC3)cc2)c(F)c1F.